The van der Waals surface area contributed by atoms with Gasteiger partial charge in [-0.05, 0) is 48.9 Å². The van der Waals surface area contributed by atoms with Crippen LogP contribution in [0.25, 0.3) is 11.4 Å². The summed E-state index contributed by atoms with van der Waals surface area (Å²) in [4.78, 5) is 16.1. The van der Waals surface area contributed by atoms with Crippen LogP contribution in [-0.4, -0.2) is 50.7 Å². The summed E-state index contributed by atoms with van der Waals surface area (Å²) in [6.07, 6.45) is 7.22. The van der Waals surface area contributed by atoms with E-state index < -0.39 is 6.10 Å². The zero-order valence-electron chi connectivity index (χ0n) is 17.1. The average molecular weight is 402 g/mol. The number of rotatable bonds is 6. The van der Waals surface area contributed by atoms with E-state index in [9.17, 15) is 5.11 Å². The minimum Gasteiger partial charge on any atom is -0.390 e. The van der Waals surface area contributed by atoms with Gasteiger partial charge in [-0.25, -0.2) is 9.97 Å². The third-order valence-corrected chi connectivity index (χ3v) is 6.04. The van der Waals surface area contributed by atoms with Crippen LogP contribution in [0.5, 0.6) is 0 Å². The molecule has 154 valence electrons. The van der Waals surface area contributed by atoms with Gasteiger partial charge in [0, 0.05) is 55.4 Å². The third kappa shape index (κ3) is 4.06. The Balaban J connectivity index is 1.26. The second-order valence-electron chi connectivity index (χ2n) is 8.20. The van der Waals surface area contributed by atoms with E-state index in [4.69, 9.17) is 9.97 Å². The summed E-state index contributed by atoms with van der Waals surface area (Å²) in [7, 11) is 0. The minimum absolute atomic E-state index is 0.455. The first-order valence-corrected chi connectivity index (χ1v) is 10.8. The van der Waals surface area contributed by atoms with Crippen molar-refractivity contribution < 1.29 is 5.11 Å². The number of nitrogens with one attached hydrogen (secondary N) is 1. The lowest BCUT2D eigenvalue weighted by Gasteiger charge is -2.30. The maximum absolute atomic E-state index is 10.7. The summed E-state index contributed by atoms with van der Waals surface area (Å²) in [6.45, 7) is 3.03. The van der Waals surface area contributed by atoms with E-state index in [1.807, 2.05) is 12.1 Å². The molecule has 0 amide bonds. The van der Waals surface area contributed by atoms with Gasteiger partial charge in [-0.1, -0.05) is 24.3 Å². The number of aliphatic hydroxyl groups is 1. The van der Waals surface area contributed by atoms with Crippen LogP contribution in [0.1, 0.15) is 28.8 Å². The van der Waals surface area contributed by atoms with Crippen molar-refractivity contribution in [1.82, 2.24) is 19.9 Å². The van der Waals surface area contributed by atoms with Gasteiger partial charge in [0.15, 0.2) is 5.82 Å². The second-order valence-corrected chi connectivity index (χ2v) is 8.20. The summed E-state index contributed by atoms with van der Waals surface area (Å²) >= 11 is 0. The Labute approximate surface area is 177 Å². The molecule has 3 heterocycles. The highest BCUT2D eigenvalue weighted by atomic mass is 16.3. The zero-order valence-corrected chi connectivity index (χ0v) is 17.1. The fraction of sp³-hybridized carbons (Fsp3) is 0.375. The van der Waals surface area contributed by atoms with Crippen LogP contribution in [0.4, 0.5) is 5.82 Å². The predicted octanol–water partition coefficient (Wildman–Crippen LogP) is 2.86. The van der Waals surface area contributed by atoms with Crippen LogP contribution in [0.2, 0.25) is 0 Å². The smallest absolute Gasteiger partial charge is 0.163 e. The molecule has 2 aromatic heterocycles. The van der Waals surface area contributed by atoms with Crippen molar-refractivity contribution in [3.63, 3.8) is 0 Å². The molecule has 6 heteroatoms. The van der Waals surface area contributed by atoms with Crippen LogP contribution < -0.4 is 5.32 Å². The minimum atomic E-state index is -0.455. The SMILES string of the molecule is OC(CNc1nc(-c2cccnc2)nc2c1CCC2)CN1CCc2ccccc2C1. The summed E-state index contributed by atoms with van der Waals surface area (Å²) in [5, 5.41) is 14.1. The fourth-order valence-corrected chi connectivity index (χ4v) is 4.49. The van der Waals surface area contributed by atoms with Gasteiger partial charge in [0.25, 0.3) is 0 Å². The predicted molar refractivity (Wildman–Crippen MR) is 117 cm³/mol. The average Bonchev–Trinajstić information content (AvgIpc) is 3.27. The Morgan fingerprint density at radius 1 is 1.03 bits per heavy atom. The molecule has 0 fully saturated rings. The maximum Gasteiger partial charge on any atom is 0.163 e. The van der Waals surface area contributed by atoms with E-state index in [2.05, 4.69) is 39.5 Å². The molecule has 0 saturated heterocycles. The fourth-order valence-electron chi connectivity index (χ4n) is 4.49. The normalized spacial score (nSPS) is 16.7. The number of hydrogen-bond donors (Lipinski definition) is 2. The number of hydrogen-bond acceptors (Lipinski definition) is 6. The molecule has 3 aromatic rings. The summed E-state index contributed by atoms with van der Waals surface area (Å²) < 4.78 is 0. The van der Waals surface area contributed by atoms with Crippen LogP contribution in [-0.2, 0) is 25.8 Å². The highest BCUT2D eigenvalue weighted by Crippen LogP contribution is 2.29. The molecule has 0 saturated carbocycles. The number of pyridine rings is 1. The Morgan fingerprint density at radius 3 is 2.80 bits per heavy atom. The van der Waals surface area contributed by atoms with Crippen LogP contribution in [0.3, 0.4) is 0 Å². The number of aliphatic hydroxyl groups excluding tert-OH is 1. The van der Waals surface area contributed by atoms with Gasteiger partial charge in [-0.2, -0.15) is 0 Å². The van der Waals surface area contributed by atoms with Gasteiger partial charge in [-0.3, -0.25) is 9.88 Å². The van der Waals surface area contributed by atoms with Gasteiger partial charge >= 0.3 is 0 Å². The molecule has 2 aliphatic rings. The van der Waals surface area contributed by atoms with E-state index in [-0.39, 0.29) is 0 Å². The summed E-state index contributed by atoms with van der Waals surface area (Å²) in [6, 6.07) is 12.5. The maximum atomic E-state index is 10.7. The number of aryl methyl sites for hydroxylation is 1. The molecule has 6 nitrogen and oxygen atoms in total. The second kappa shape index (κ2) is 8.50. The first-order valence-electron chi connectivity index (χ1n) is 10.8. The Bertz CT molecular complexity index is 1020. The van der Waals surface area contributed by atoms with Crippen LogP contribution in [0.15, 0.2) is 48.8 Å². The Hall–Kier alpha value is -2.83. The number of benzene rings is 1. The standard InChI is InChI=1S/C24H27N5O/c30-20(16-29-12-10-17-5-1-2-6-19(17)15-29)14-26-24-21-8-3-9-22(21)27-23(28-24)18-7-4-11-25-13-18/h1-2,4-7,11,13,20,30H,3,8-10,12,14-16H2,(H,26,27,28). The van der Waals surface area contributed by atoms with Crippen molar-refractivity contribution in [3.8, 4) is 11.4 Å². The van der Waals surface area contributed by atoms with Crippen molar-refractivity contribution in [1.29, 1.82) is 0 Å². The quantitative estimate of drug-likeness (QED) is 0.662. The lowest BCUT2D eigenvalue weighted by atomic mass is 10.00. The van der Waals surface area contributed by atoms with E-state index in [0.717, 1.165) is 55.8 Å². The molecule has 0 spiro atoms. The lowest BCUT2D eigenvalue weighted by molar-refractivity contribution is 0.114. The molecule has 1 atom stereocenters. The topological polar surface area (TPSA) is 74.2 Å². The summed E-state index contributed by atoms with van der Waals surface area (Å²) in [5.74, 6) is 1.56. The molecule has 2 N–H and O–H groups in total. The van der Waals surface area contributed by atoms with Crippen molar-refractivity contribution in [2.45, 2.75) is 38.3 Å². The molecule has 1 aliphatic heterocycles. The molecular formula is C24H27N5O. The van der Waals surface area contributed by atoms with Gasteiger partial charge < -0.3 is 10.4 Å². The van der Waals surface area contributed by atoms with Crippen molar-refractivity contribution >= 4 is 5.82 Å². The first kappa shape index (κ1) is 19.2. The Kier molecular flexibility index (Phi) is 5.43. The van der Waals surface area contributed by atoms with E-state index in [0.29, 0.717) is 18.9 Å². The first-order chi connectivity index (χ1) is 14.8. The third-order valence-electron chi connectivity index (χ3n) is 6.04. The van der Waals surface area contributed by atoms with Gasteiger partial charge in [0.1, 0.15) is 5.82 Å². The number of fused-ring (bicyclic) bond motifs is 2. The highest BCUT2D eigenvalue weighted by molar-refractivity contribution is 5.59. The molecule has 0 bridgehead atoms. The van der Waals surface area contributed by atoms with E-state index in [1.54, 1.807) is 12.4 Å². The number of nitrogens with zero attached hydrogens (tertiary/aromatic N) is 4. The van der Waals surface area contributed by atoms with E-state index in [1.165, 1.54) is 16.7 Å². The molecule has 1 aromatic carbocycles. The van der Waals surface area contributed by atoms with Crippen LogP contribution in [0, 0.1) is 0 Å². The number of aromatic nitrogens is 3. The lowest BCUT2D eigenvalue weighted by Crippen LogP contribution is -2.39. The van der Waals surface area contributed by atoms with E-state index >= 15 is 0 Å². The molecule has 30 heavy (non-hydrogen) atoms. The monoisotopic (exact) mass is 401 g/mol. The summed E-state index contributed by atoms with van der Waals surface area (Å²) in [5.41, 5.74) is 6.04. The molecule has 0 radical (unpaired) electrons. The molecular weight excluding hydrogens is 374 g/mol. The van der Waals surface area contributed by atoms with Crippen LogP contribution >= 0.6 is 0 Å². The zero-order chi connectivity index (χ0) is 20.3. The highest BCUT2D eigenvalue weighted by Gasteiger charge is 2.22. The Morgan fingerprint density at radius 2 is 1.93 bits per heavy atom. The molecule has 1 unspecified atom stereocenters. The largest absolute Gasteiger partial charge is 0.390 e. The van der Waals surface area contributed by atoms with Gasteiger partial charge in [0.2, 0.25) is 0 Å². The molecule has 5 rings (SSSR count). The molecule has 1 aliphatic carbocycles. The van der Waals surface area contributed by atoms with Crippen molar-refractivity contribution in [3.05, 3.63) is 71.2 Å². The van der Waals surface area contributed by atoms with Crippen molar-refractivity contribution in [2.24, 2.45) is 0 Å². The number of β-amino-alcohol motifs (C(OH)–C–C–N with tert-alkyl or cyclic N) is 1. The number of anilines is 1. The van der Waals surface area contributed by atoms with Crippen molar-refractivity contribution in [2.75, 3.05) is 25.0 Å². The van der Waals surface area contributed by atoms with Gasteiger partial charge in [0.05, 0.1) is 6.10 Å². The van der Waals surface area contributed by atoms with Gasteiger partial charge in [-0.15, -0.1) is 0 Å².